The number of benzene rings is 1. The van der Waals surface area contributed by atoms with Gasteiger partial charge in [-0.2, -0.15) is 0 Å². The third-order valence-electron chi connectivity index (χ3n) is 3.05. The molecule has 3 aromatic rings. The quantitative estimate of drug-likeness (QED) is 0.708. The minimum Gasteiger partial charge on any atom is -0.497 e. The standard InChI is InChI=1S/C14H11Br2N3O/c1-20-9-3-4-11(16)10(6-9)13-14(17)19-7-8(15)2-5-12(19)18-13/h2-7H,17H2,1H3. The van der Waals surface area contributed by atoms with E-state index in [4.69, 9.17) is 10.5 Å². The van der Waals surface area contributed by atoms with Gasteiger partial charge < -0.3 is 10.5 Å². The Labute approximate surface area is 132 Å². The Balaban J connectivity index is 2.27. The smallest absolute Gasteiger partial charge is 0.139 e. The van der Waals surface area contributed by atoms with Crippen LogP contribution >= 0.6 is 31.9 Å². The van der Waals surface area contributed by atoms with Crippen molar-refractivity contribution in [2.24, 2.45) is 0 Å². The van der Waals surface area contributed by atoms with Crippen LogP contribution < -0.4 is 10.5 Å². The normalized spacial score (nSPS) is 10.9. The van der Waals surface area contributed by atoms with E-state index in [2.05, 4.69) is 36.8 Å². The number of halogens is 2. The number of fused-ring (bicyclic) bond motifs is 1. The van der Waals surface area contributed by atoms with Crippen molar-refractivity contribution < 1.29 is 4.74 Å². The van der Waals surface area contributed by atoms with Crippen LogP contribution in [0.3, 0.4) is 0 Å². The Morgan fingerprint density at radius 3 is 2.75 bits per heavy atom. The van der Waals surface area contributed by atoms with Crippen molar-refractivity contribution in [2.45, 2.75) is 0 Å². The zero-order valence-electron chi connectivity index (χ0n) is 10.6. The van der Waals surface area contributed by atoms with E-state index in [-0.39, 0.29) is 0 Å². The Hall–Kier alpha value is -1.53. The van der Waals surface area contributed by atoms with Gasteiger partial charge in [0.25, 0.3) is 0 Å². The van der Waals surface area contributed by atoms with Gasteiger partial charge in [-0.1, -0.05) is 15.9 Å². The number of nitrogens with zero attached hydrogens (tertiary/aromatic N) is 2. The van der Waals surface area contributed by atoms with Crippen LogP contribution in [0.15, 0.2) is 45.5 Å². The molecule has 4 nitrogen and oxygen atoms in total. The molecular formula is C14H11Br2N3O. The highest BCUT2D eigenvalue weighted by Gasteiger charge is 2.14. The molecule has 6 heteroatoms. The Morgan fingerprint density at radius 2 is 2.00 bits per heavy atom. The fraction of sp³-hybridized carbons (Fsp3) is 0.0714. The molecule has 2 N–H and O–H groups in total. The molecule has 2 aromatic heterocycles. The van der Waals surface area contributed by atoms with Crippen molar-refractivity contribution in [3.05, 3.63) is 45.5 Å². The van der Waals surface area contributed by atoms with Crippen molar-refractivity contribution in [1.29, 1.82) is 0 Å². The van der Waals surface area contributed by atoms with Gasteiger partial charge in [-0.05, 0) is 46.3 Å². The molecule has 2 heterocycles. The summed E-state index contributed by atoms with van der Waals surface area (Å²) in [6.07, 6.45) is 1.90. The van der Waals surface area contributed by atoms with Gasteiger partial charge in [0, 0.05) is 20.7 Å². The summed E-state index contributed by atoms with van der Waals surface area (Å²) in [5.41, 5.74) is 8.65. The molecule has 0 spiro atoms. The number of aromatic nitrogens is 2. The lowest BCUT2D eigenvalue weighted by atomic mass is 10.1. The van der Waals surface area contributed by atoms with E-state index in [1.807, 2.05) is 40.9 Å². The third-order valence-corrected chi connectivity index (χ3v) is 4.21. The predicted molar refractivity (Wildman–Crippen MR) is 87.0 cm³/mol. The second-order valence-electron chi connectivity index (χ2n) is 4.27. The molecule has 0 saturated heterocycles. The summed E-state index contributed by atoms with van der Waals surface area (Å²) in [6, 6.07) is 9.57. The number of imidazole rings is 1. The number of nitrogens with two attached hydrogens (primary N) is 1. The first-order valence-corrected chi connectivity index (χ1v) is 7.46. The Bertz CT molecular complexity index is 798. The van der Waals surface area contributed by atoms with Crippen LogP contribution in [0.5, 0.6) is 5.75 Å². The molecule has 0 bridgehead atoms. The molecule has 3 rings (SSSR count). The summed E-state index contributed by atoms with van der Waals surface area (Å²) in [4.78, 5) is 4.59. The molecule has 0 aliphatic rings. The number of methoxy groups -OCH3 is 1. The largest absolute Gasteiger partial charge is 0.497 e. The van der Waals surface area contributed by atoms with Crippen LogP contribution in [-0.4, -0.2) is 16.5 Å². The zero-order chi connectivity index (χ0) is 14.3. The van der Waals surface area contributed by atoms with Gasteiger partial charge in [0.2, 0.25) is 0 Å². The maximum Gasteiger partial charge on any atom is 0.139 e. The number of pyridine rings is 1. The molecule has 0 radical (unpaired) electrons. The molecule has 0 amide bonds. The lowest BCUT2D eigenvalue weighted by molar-refractivity contribution is 0.415. The van der Waals surface area contributed by atoms with Crippen LogP contribution in [0.25, 0.3) is 16.9 Å². The minimum absolute atomic E-state index is 0.593. The van der Waals surface area contributed by atoms with Crippen LogP contribution in [0.4, 0.5) is 5.82 Å². The Morgan fingerprint density at radius 1 is 1.20 bits per heavy atom. The zero-order valence-corrected chi connectivity index (χ0v) is 13.8. The fourth-order valence-electron chi connectivity index (χ4n) is 2.05. The molecule has 102 valence electrons. The van der Waals surface area contributed by atoms with Crippen LogP contribution in [0.1, 0.15) is 0 Å². The molecule has 0 unspecified atom stereocenters. The highest BCUT2D eigenvalue weighted by atomic mass is 79.9. The molecule has 1 aromatic carbocycles. The molecule has 0 aliphatic carbocycles. The van der Waals surface area contributed by atoms with Gasteiger partial charge in [-0.3, -0.25) is 4.40 Å². The fourth-order valence-corrected chi connectivity index (χ4v) is 2.82. The van der Waals surface area contributed by atoms with Gasteiger partial charge in [-0.25, -0.2) is 4.98 Å². The maximum absolute atomic E-state index is 6.22. The second-order valence-corrected chi connectivity index (χ2v) is 6.04. The van der Waals surface area contributed by atoms with E-state index in [9.17, 15) is 0 Å². The monoisotopic (exact) mass is 395 g/mol. The van der Waals surface area contributed by atoms with E-state index >= 15 is 0 Å². The summed E-state index contributed by atoms with van der Waals surface area (Å²) in [5, 5.41) is 0. The van der Waals surface area contributed by atoms with Gasteiger partial charge in [0.05, 0.1) is 7.11 Å². The molecule has 20 heavy (non-hydrogen) atoms. The number of nitrogen functional groups attached to an aromatic ring is 1. The lowest BCUT2D eigenvalue weighted by Gasteiger charge is -2.06. The lowest BCUT2D eigenvalue weighted by Crippen LogP contribution is -1.94. The number of rotatable bonds is 2. The van der Waals surface area contributed by atoms with Crippen molar-refractivity contribution in [3.63, 3.8) is 0 Å². The average molecular weight is 397 g/mol. The number of anilines is 1. The van der Waals surface area contributed by atoms with Crippen molar-refractivity contribution in [1.82, 2.24) is 9.38 Å². The summed E-state index contributed by atoms with van der Waals surface area (Å²) in [7, 11) is 1.64. The second kappa shape index (κ2) is 5.10. The van der Waals surface area contributed by atoms with Crippen molar-refractivity contribution >= 4 is 43.3 Å². The van der Waals surface area contributed by atoms with Gasteiger partial charge in [0.1, 0.15) is 22.9 Å². The summed E-state index contributed by atoms with van der Waals surface area (Å²) in [6.45, 7) is 0. The third kappa shape index (κ3) is 2.19. The molecule has 0 atom stereocenters. The van der Waals surface area contributed by atoms with Crippen LogP contribution in [0, 0.1) is 0 Å². The van der Waals surface area contributed by atoms with E-state index in [0.29, 0.717) is 5.82 Å². The topological polar surface area (TPSA) is 52.5 Å². The molecule has 0 aliphatic heterocycles. The average Bonchev–Trinajstić information content (AvgIpc) is 2.77. The SMILES string of the molecule is COc1ccc(Br)c(-c2nc3ccc(Br)cn3c2N)c1. The van der Waals surface area contributed by atoms with Gasteiger partial charge in [0.15, 0.2) is 0 Å². The highest BCUT2D eigenvalue weighted by Crippen LogP contribution is 2.35. The first kappa shape index (κ1) is 13.5. The maximum atomic E-state index is 6.22. The highest BCUT2D eigenvalue weighted by molar-refractivity contribution is 9.10. The molecule has 0 fully saturated rings. The van der Waals surface area contributed by atoms with E-state index < -0.39 is 0 Å². The summed E-state index contributed by atoms with van der Waals surface area (Å²) >= 11 is 6.97. The van der Waals surface area contributed by atoms with E-state index in [1.165, 1.54) is 0 Å². The van der Waals surface area contributed by atoms with Crippen molar-refractivity contribution in [2.75, 3.05) is 12.8 Å². The van der Waals surface area contributed by atoms with Crippen LogP contribution in [0.2, 0.25) is 0 Å². The van der Waals surface area contributed by atoms with Crippen LogP contribution in [-0.2, 0) is 0 Å². The van der Waals surface area contributed by atoms with E-state index in [0.717, 1.165) is 31.6 Å². The van der Waals surface area contributed by atoms with E-state index in [1.54, 1.807) is 7.11 Å². The predicted octanol–water partition coefficient (Wildman–Crippen LogP) is 4.12. The first-order valence-electron chi connectivity index (χ1n) is 5.87. The summed E-state index contributed by atoms with van der Waals surface area (Å²) in [5.74, 6) is 1.36. The number of hydrogen-bond acceptors (Lipinski definition) is 3. The molecular weight excluding hydrogens is 386 g/mol. The van der Waals surface area contributed by atoms with Crippen molar-refractivity contribution in [3.8, 4) is 17.0 Å². The number of hydrogen-bond donors (Lipinski definition) is 1. The molecule has 0 saturated carbocycles. The van der Waals surface area contributed by atoms with Gasteiger partial charge in [-0.15, -0.1) is 0 Å². The first-order chi connectivity index (χ1) is 9.60. The number of ether oxygens (including phenoxy) is 1. The minimum atomic E-state index is 0.593. The van der Waals surface area contributed by atoms with Gasteiger partial charge >= 0.3 is 0 Å². The summed E-state index contributed by atoms with van der Waals surface area (Å²) < 4.78 is 8.99. The Kier molecular flexibility index (Phi) is 3.43.